The van der Waals surface area contributed by atoms with Crippen LogP contribution in [-0.2, 0) is 19.5 Å². The molecular weight excluding hydrogens is 532 g/mol. The van der Waals surface area contributed by atoms with E-state index in [0.29, 0.717) is 13.1 Å². The molecule has 43 heavy (non-hydrogen) atoms. The lowest BCUT2D eigenvalue weighted by molar-refractivity contribution is 0.0767. The molecule has 0 saturated carbocycles. The maximum absolute atomic E-state index is 14.5. The number of aliphatic hydroxyl groups excluding tert-OH is 1. The van der Waals surface area contributed by atoms with Gasteiger partial charge in [-0.3, -0.25) is 4.79 Å². The van der Waals surface area contributed by atoms with E-state index in [0.717, 1.165) is 40.8 Å². The lowest BCUT2D eigenvalue weighted by Gasteiger charge is -2.37. The fourth-order valence-corrected chi connectivity index (χ4v) is 7.55. The van der Waals surface area contributed by atoms with Gasteiger partial charge in [0.15, 0.2) is 0 Å². The first kappa shape index (κ1) is 29.3. The number of methoxy groups -OCH3 is 1. The Bertz CT molecular complexity index is 1590. The smallest absolute Gasteiger partial charge is 0.255 e. The molecule has 0 spiro atoms. The second kappa shape index (κ2) is 11.7. The Morgan fingerprint density at radius 2 is 1.72 bits per heavy atom. The van der Waals surface area contributed by atoms with Crippen molar-refractivity contribution in [3.63, 3.8) is 0 Å². The molecule has 5 atom stereocenters. The highest BCUT2D eigenvalue weighted by atomic mass is 16.5. The van der Waals surface area contributed by atoms with Crippen molar-refractivity contribution in [1.29, 1.82) is 0 Å². The van der Waals surface area contributed by atoms with Gasteiger partial charge >= 0.3 is 0 Å². The number of rotatable bonds is 9. The lowest BCUT2D eigenvalue weighted by Crippen LogP contribution is -2.42. The number of amides is 1. The Hall–Kier alpha value is -3.83. The molecule has 5 heteroatoms. The van der Waals surface area contributed by atoms with Crippen molar-refractivity contribution in [1.82, 2.24) is 4.90 Å². The van der Waals surface area contributed by atoms with E-state index in [-0.39, 0.29) is 35.9 Å². The van der Waals surface area contributed by atoms with Crippen molar-refractivity contribution < 1.29 is 14.6 Å². The molecule has 0 fully saturated rings. The summed E-state index contributed by atoms with van der Waals surface area (Å²) in [6, 6.07) is 16.9. The van der Waals surface area contributed by atoms with Gasteiger partial charge in [-0.1, -0.05) is 74.5 Å². The summed E-state index contributed by atoms with van der Waals surface area (Å²) in [5.41, 5.74) is 10.4. The molecule has 0 bridgehead atoms. The Balaban J connectivity index is 1.56. The maximum Gasteiger partial charge on any atom is 0.255 e. The number of carbonyl (C=O) groups excluding carboxylic acids is 1. The number of fused-ring (bicyclic) bond motifs is 5. The Kier molecular flexibility index (Phi) is 7.95. The van der Waals surface area contributed by atoms with Gasteiger partial charge < -0.3 is 19.6 Å². The summed E-state index contributed by atoms with van der Waals surface area (Å²) in [7, 11) is 1.67. The molecule has 6 rings (SSSR count). The van der Waals surface area contributed by atoms with Gasteiger partial charge in [0.25, 0.3) is 5.91 Å². The van der Waals surface area contributed by atoms with Crippen molar-refractivity contribution in [3.05, 3.63) is 106 Å². The third-order valence-corrected chi connectivity index (χ3v) is 9.90. The largest absolute Gasteiger partial charge is 0.497 e. The number of aryl methyl sites for hydroxylation is 1. The normalized spacial score (nSPS) is 20.6. The highest BCUT2D eigenvalue weighted by molar-refractivity contribution is 6.08. The van der Waals surface area contributed by atoms with E-state index < -0.39 is 0 Å². The van der Waals surface area contributed by atoms with Crippen LogP contribution in [0.4, 0.5) is 5.69 Å². The molecule has 3 aromatic carbocycles. The van der Waals surface area contributed by atoms with Crippen LogP contribution in [0.3, 0.4) is 0 Å². The molecule has 3 aliphatic rings. The van der Waals surface area contributed by atoms with Crippen LogP contribution in [0.1, 0.15) is 78.2 Å². The van der Waals surface area contributed by atoms with E-state index in [4.69, 9.17) is 4.74 Å². The second-order valence-corrected chi connectivity index (χ2v) is 12.6. The summed E-state index contributed by atoms with van der Waals surface area (Å²) in [5.74, 6) is 1.29. The zero-order chi connectivity index (χ0) is 30.4. The van der Waals surface area contributed by atoms with Crippen LogP contribution < -0.4 is 9.64 Å². The molecule has 0 radical (unpaired) electrons. The lowest BCUT2D eigenvalue weighted by atomic mass is 9.81. The van der Waals surface area contributed by atoms with Gasteiger partial charge in [-0.2, -0.15) is 0 Å². The number of aliphatic hydroxyl groups is 1. The molecular formula is C38H44N2O3. The van der Waals surface area contributed by atoms with E-state index in [9.17, 15) is 9.90 Å². The zero-order valence-corrected chi connectivity index (χ0v) is 26.3. The molecule has 224 valence electrons. The first-order valence-corrected chi connectivity index (χ1v) is 15.8. The Labute approximate surface area is 256 Å². The summed E-state index contributed by atoms with van der Waals surface area (Å²) < 4.78 is 5.37. The van der Waals surface area contributed by atoms with Gasteiger partial charge in [0, 0.05) is 36.3 Å². The topological polar surface area (TPSA) is 53.0 Å². The second-order valence-electron chi connectivity index (χ2n) is 12.6. The predicted octanol–water partition coefficient (Wildman–Crippen LogP) is 7.58. The summed E-state index contributed by atoms with van der Waals surface area (Å²) in [5, 5.41) is 10.4. The molecule has 3 aromatic rings. The van der Waals surface area contributed by atoms with Crippen LogP contribution in [0.25, 0.3) is 11.1 Å². The number of hydrogen-bond donors (Lipinski definition) is 1. The number of benzene rings is 3. The molecule has 3 unspecified atom stereocenters. The van der Waals surface area contributed by atoms with Gasteiger partial charge in [0.1, 0.15) is 5.75 Å². The molecule has 2 aliphatic heterocycles. The van der Waals surface area contributed by atoms with E-state index in [1.807, 2.05) is 24.0 Å². The van der Waals surface area contributed by atoms with E-state index in [2.05, 4.69) is 93.3 Å². The van der Waals surface area contributed by atoms with Crippen LogP contribution in [0.5, 0.6) is 5.75 Å². The van der Waals surface area contributed by atoms with Crippen molar-refractivity contribution >= 4 is 11.6 Å². The van der Waals surface area contributed by atoms with E-state index >= 15 is 0 Å². The average molecular weight is 577 g/mol. The van der Waals surface area contributed by atoms with Crippen LogP contribution in [0, 0.1) is 12.8 Å². The molecule has 5 nitrogen and oxygen atoms in total. The van der Waals surface area contributed by atoms with Crippen LogP contribution >= 0.6 is 0 Å². The minimum Gasteiger partial charge on any atom is -0.497 e. The van der Waals surface area contributed by atoms with Crippen molar-refractivity contribution in [2.75, 3.05) is 12.0 Å². The quantitative estimate of drug-likeness (QED) is 0.285. The average Bonchev–Trinajstić information content (AvgIpc) is 3.52. The minimum absolute atomic E-state index is 0.114. The monoisotopic (exact) mass is 576 g/mol. The van der Waals surface area contributed by atoms with Gasteiger partial charge in [0.2, 0.25) is 0 Å². The maximum atomic E-state index is 14.5. The van der Waals surface area contributed by atoms with Crippen LogP contribution in [0.15, 0.2) is 72.8 Å². The van der Waals surface area contributed by atoms with Crippen molar-refractivity contribution in [2.45, 2.75) is 84.7 Å². The van der Waals surface area contributed by atoms with Gasteiger partial charge in [-0.25, -0.2) is 0 Å². The number of allylic oxidation sites excluding steroid dienone is 2. The minimum atomic E-state index is -0.362. The van der Waals surface area contributed by atoms with E-state index in [1.54, 1.807) is 7.11 Å². The molecule has 0 saturated heterocycles. The van der Waals surface area contributed by atoms with E-state index in [1.165, 1.54) is 27.9 Å². The summed E-state index contributed by atoms with van der Waals surface area (Å²) in [6.45, 7) is 11.9. The summed E-state index contributed by atoms with van der Waals surface area (Å²) >= 11 is 0. The summed E-state index contributed by atoms with van der Waals surface area (Å²) in [4.78, 5) is 19.2. The van der Waals surface area contributed by atoms with Gasteiger partial charge in [0.05, 0.1) is 24.8 Å². The third-order valence-electron chi connectivity index (χ3n) is 9.90. The zero-order valence-electron chi connectivity index (χ0n) is 26.3. The highest BCUT2D eigenvalue weighted by Crippen LogP contribution is 2.55. The third kappa shape index (κ3) is 4.98. The molecule has 1 N–H and O–H groups in total. The molecule has 0 aromatic heterocycles. The first-order chi connectivity index (χ1) is 20.7. The first-order valence-electron chi connectivity index (χ1n) is 15.8. The Morgan fingerprint density at radius 1 is 1.00 bits per heavy atom. The van der Waals surface area contributed by atoms with Crippen LogP contribution in [-0.4, -0.2) is 41.2 Å². The highest BCUT2D eigenvalue weighted by Gasteiger charge is 2.47. The number of carbonyl (C=O) groups is 1. The van der Waals surface area contributed by atoms with Gasteiger partial charge in [-0.05, 0) is 85.0 Å². The van der Waals surface area contributed by atoms with Crippen LogP contribution in [0.2, 0.25) is 0 Å². The molecule has 1 aliphatic carbocycles. The summed E-state index contributed by atoms with van der Waals surface area (Å²) in [6.07, 6.45) is 10.3. The fraction of sp³-hybridized carbons (Fsp3) is 0.395. The molecule has 1 amide bonds. The number of ether oxygens (including phenoxy) is 1. The van der Waals surface area contributed by atoms with Crippen molar-refractivity contribution in [2.24, 2.45) is 5.92 Å². The Morgan fingerprint density at radius 3 is 2.40 bits per heavy atom. The SMILES string of the molecule is CCc1c(-c2ccccc2C)c2c(c3c1N(C(C)C[C@@H](C)[C@@H](C)O)C1C=CC=CC31)CN(Cc1ccc(OC)cc1)C2=O. The number of anilines is 1. The predicted molar refractivity (Wildman–Crippen MR) is 175 cm³/mol. The van der Waals surface area contributed by atoms with Crippen molar-refractivity contribution in [3.8, 4) is 16.9 Å². The molecule has 2 heterocycles. The number of nitrogens with zero attached hydrogens (tertiary/aromatic N) is 2. The standard InChI is InChI=1S/C38H44N2O3/c1-7-29-34(30-13-9-8-12-23(30)2)36-32(22-39(38(36)42)21-27-16-18-28(43-6)19-17-27)35-31-14-10-11-15-33(31)40(37(29)35)25(4)20-24(3)26(5)41/h8-19,24-26,31,33,41H,7,20-22H2,1-6H3/t24-,25?,26-,31?,33?/m1/s1. The fourth-order valence-electron chi connectivity index (χ4n) is 7.55. The van der Waals surface area contributed by atoms with Gasteiger partial charge in [-0.15, -0.1) is 0 Å². The number of hydrogen-bond acceptors (Lipinski definition) is 4.